The van der Waals surface area contributed by atoms with Gasteiger partial charge in [-0.3, -0.25) is 0 Å². The minimum absolute atomic E-state index is 0.324. The number of hydrogen-bond donors (Lipinski definition) is 0. The van der Waals surface area contributed by atoms with Crippen molar-refractivity contribution < 1.29 is 9.47 Å². The lowest BCUT2D eigenvalue weighted by Gasteiger charge is -2.61. The van der Waals surface area contributed by atoms with E-state index in [2.05, 4.69) is 13.8 Å². The Hall–Kier alpha value is -0.0800. The van der Waals surface area contributed by atoms with Crippen LogP contribution in [0.1, 0.15) is 26.7 Å². The first kappa shape index (κ1) is 9.47. The molecule has 0 spiro atoms. The molecule has 0 aromatic carbocycles. The summed E-state index contributed by atoms with van der Waals surface area (Å²) in [5, 5.41) is 0. The molecule has 0 amide bonds. The van der Waals surface area contributed by atoms with E-state index < -0.39 is 0 Å². The summed E-state index contributed by atoms with van der Waals surface area (Å²) in [7, 11) is 3.61. The number of fused-ring (bicyclic) bond motifs is 2. The second kappa shape index (κ2) is 2.96. The second-order valence-corrected chi connectivity index (χ2v) is 5.07. The molecule has 0 heterocycles. The Labute approximate surface area is 80.6 Å². The van der Waals surface area contributed by atoms with E-state index in [0.717, 1.165) is 5.92 Å². The van der Waals surface area contributed by atoms with Crippen molar-refractivity contribution in [1.29, 1.82) is 0 Å². The highest BCUT2D eigenvalue weighted by molar-refractivity contribution is 5.07. The molecule has 3 aliphatic carbocycles. The van der Waals surface area contributed by atoms with E-state index in [1.54, 1.807) is 7.11 Å². The van der Waals surface area contributed by atoms with Crippen molar-refractivity contribution in [2.75, 3.05) is 14.2 Å². The van der Waals surface area contributed by atoms with E-state index in [4.69, 9.17) is 9.47 Å². The zero-order valence-electron chi connectivity index (χ0n) is 9.04. The van der Waals surface area contributed by atoms with Gasteiger partial charge in [-0.05, 0) is 30.1 Å². The fourth-order valence-corrected chi connectivity index (χ4v) is 3.23. The highest BCUT2D eigenvalue weighted by Gasteiger charge is 2.58. The van der Waals surface area contributed by atoms with Crippen LogP contribution in [-0.4, -0.2) is 26.4 Å². The van der Waals surface area contributed by atoms with Gasteiger partial charge in [-0.2, -0.15) is 0 Å². The lowest BCUT2D eigenvalue weighted by Crippen LogP contribution is -2.61. The fourth-order valence-electron chi connectivity index (χ4n) is 3.23. The van der Waals surface area contributed by atoms with Crippen molar-refractivity contribution in [3.8, 4) is 0 Å². The van der Waals surface area contributed by atoms with Crippen molar-refractivity contribution >= 4 is 0 Å². The van der Waals surface area contributed by atoms with Gasteiger partial charge in [0.1, 0.15) is 0 Å². The topological polar surface area (TPSA) is 18.5 Å². The minimum atomic E-state index is 0.324. The highest BCUT2D eigenvalue weighted by atomic mass is 16.5. The Morgan fingerprint density at radius 2 is 1.77 bits per heavy atom. The maximum absolute atomic E-state index is 5.56. The Morgan fingerprint density at radius 3 is 2.23 bits per heavy atom. The molecule has 0 aromatic heterocycles. The fraction of sp³-hybridized carbons (Fsp3) is 1.00. The number of hydrogen-bond acceptors (Lipinski definition) is 2. The first-order chi connectivity index (χ1) is 6.11. The van der Waals surface area contributed by atoms with Gasteiger partial charge < -0.3 is 9.47 Å². The Bertz CT molecular complexity index is 200. The predicted octanol–water partition coefficient (Wildman–Crippen LogP) is 2.08. The van der Waals surface area contributed by atoms with Gasteiger partial charge in [0.15, 0.2) is 0 Å². The third-order valence-corrected chi connectivity index (χ3v) is 4.40. The average Bonchev–Trinajstić information content (AvgIpc) is 2.16. The highest BCUT2D eigenvalue weighted by Crippen LogP contribution is 2.60. The van der Waals surface area contributed by atoms with Crippen LogP contribution in [0.2, 0.25) is 0 Å². The SMILES string of the molecule is CO[C@H]1[C@H]2C[C@@H](C[C@H]1OC)C2(C)C. The standard InChI is InChI=1S/C11H20O2/c1-11(2)7-5-8(11)10(13-4)9(6-7)12-3/h7-10H,5-6H2,1-4H3/t7-,8+,9+,10-/m0/s1. The molecule has 0 unspecified atom stereocenters. The summed E-state index contributed by atoms with van der Waals surface area (Å²) in [6.07, 6.45) is 3.18. The van der Waals surface area contributed by atoms with Gasteiger partial charge in [-0.1, -0.05) is 13.8 Å². The molecule has 3 aliphatic rings. The normalized spacial score (nSPS) is 47.1. The lowest BCUT2D eigenvalue weighted by atomic mass is 9.47. The van der Waals surface area contributed by atoms with Crippen LogP contribution in [0.25, 0.3) is 0 Å². The summed E-state index contributed by atoms with van der Waals surface area (Å²) in [6, 6.07) is 0. The van der Waals surface area contributed by atoms with Gasteiger partial charge >= 0.3 is 0 Å². The maximum Gasteiger partial charge on any atom is 0.0866 e. The summed E-state index contributed by atoms with van der Waals surface area (Å²) < 4.78 is 11.0. The molecule has 2 heteroatoms. The first-order valence-corrected chi connectivity index (χ1v) is 5.16. The molecule has 13 heavy (non-hydrogen) atoms. The van der Waals surface area contributed by atoms with E-state index in [-0.39, 0.29) is 0 Å². The third-order valence-electron chi connectivity index (χ3n) is 4.40. The number of ether oxygens (including phenoxy) is 2. The predicted molar refractivity (Wildman–Crippen MR) is 51.6 cm³/mol. The molecule has 0 aliphatic heterocycles. The monoisotopic (exact) mass is 184 g/mol. The molecule has 4 atom stereocenters. The van der Waals surface area contributed by atoms with Crippen LogP contribution in [0, 0.1) is 17.3 Å². The van der Waals surface area contributed by atoms with Crippen LogP contribution in [0.15, 0.2) is 0 Å². The van der Waals surface area contributed by atoms with E-state index in [1.807, 2.05) is 7.11 Å². The quantitative estimate of drug-likeness (QED) is 0.654. The van der Waals surface area contributed by atoms with Crippen molar-refractivity contribution in [1.82, 2.24) is 0 Å². The molecule has 3 rings (SSSR count). The van der Waals surface area contributed by atoms with Crippen LogP contribution in [0.5, 0.6) is 0 Å². The van der Waals surface area contributed by atoms with Crippen molar-refractivity contribution in [3.05, 3.63) is 0 Å². The molecule has 76 valence electrons. The van der Waals surface area contributed by atoms with Gasteiger partial charge in [0.2, 0.25) is 0 Å². The Morgan fingerprint density at radius 1 is 1.08 bits per heavy atom. The molecule has 3 fully saturated rings. The van der Waals surface area contributed by atoms with Crippen molar-refractivity contribution in [2.24, 2.45) is 17.3 Å². The smallest absolute Gasteiger partial charge is 0.0866 e. The minimum Gasteiger partial charge on any atom is -0.379 e. The van der Waals surface area contributed by atoms with Crippen LogP contribution in [-0.2, 0) is 9.47 Å². The van der Waals surface area contributed by atoms with Gasteiger partial charge in [0, 0.05) is 14.2 Å². The molecular formula is C11H20O2. The van der Waals surface area contributed by atoms with Crippen LogP contribution in [0.3, 0.4) is 0 Å². The average molecular weight is 184 g/mol. The number of methoxy groups -OCH3 is 2. The molecule has 0 saturated heterocycles. The summed E-state index contributed by atoms with van der Waals surface area (Å²) in [6.45, 7) is 4.73. The maximum atomic E-state index is 5.56. The summed E-state index contributed by atoms with van der Waals surface area (Å²) in [4.78, 5) is 0. The van der Waals surface area contributed by atoms with Gasteiger partial charge in [-0.15, -0.1) is 0 Å². The second-order valence-electron chi connectivity index (χ2n) is 5.07. The van der Waals surface area contributed by atoms with Crippen molar-refractivity contribution in [3.63, 3.8) is 0 Å². The zero-order chi connectivity index (χ0) is 9.64. The van der Waals surface area contributed by atoms with Gasteiger partial charge in [-0.25, -0.2) is 0 Å². The van der Waals surface area contributed by atoms with Crippen LogP contribution < -0.4 is 0 Å². The Balaban J connectivity index is 2.13. The summed E-state index contributed by atoms with van der Waals surface area (Å²) in [5.74, 6) is 1.56. The molecule has 2 nitrogen and oxygen atoms in total. The van der Waals surface area contributed by atoms with Gasteiger partial charge in [0.25, 0.3) is 0 Å². The van der Waals surface area contributed by atoms with E-state index in [1.165, 1.54) is 12.8 Å². The van der Waals surface area contributed by atoms with E-state index in [9.17, 15) is 0 Å². The molecule has 2 bridgehead atoms. The van der Waals surface area contributed by atoms with E-state index in [0.29, 0.717) is 23.5 Å². The summed E-state index contributed by atoms with van der Waals surface area (Å²) >= 11 is 0. The van der Waals surface area contributed by atoms with Crippen LogP contribution >= 0.6 is 0 Å². The van der Waals surface area contributed by atoms with Crippen LogP contribution in [0.4, 0.5) is 0 Å². The molecular weight excluding hydrogens is 164 g/mol. The molecule has 0 N–H and O–H groups in total. The van der Waals surface area contributed by atoms with E-state index >= 15 is 0 Å². The van der Waals surface area contributed by atoms with Gasteiger partial charge in [0.05, 0.1) is 12.2 Å². The summed E-state index contributed by atoms with van der Waals surface area (Å²) in [5.41, 5.74) is 0.482. The first-order valence-electron chi connectivity index (χ1n) is 5.16. The zero-order valence-corrected chi connectivity index (χ0v) is 9.04. The largest absolute Gasteiger partial charge is 0.379 e. The molecule has 0 aromatic rings. The third kappa shape index (κ3) is 1.15. The molecule has 0 radical (unpaired) electrons. The lowest BCUT2D eigenvalue weighted by molar-refractivity contribution is -0.209. The van der Waals surface area contributed by atoms with Crippen molar-refractivity contribution in [2.45, 2.75) is 38.9 Å². The Kier molecular flexibility index (Phi) is 2.16. The number of rotatable bonds is 2. The molecule has 3 saturated carbocycles.